The summed E-state index contributed by atoms with van der Waals surface area (Å²) in [5.41, 5.74) is 0.798. The fraction of sp³-hybridized carbons (Fsp3) is 0.125. The van der Waals surface area contributed by atoms with E-state index in [0.29, 0.717) is 34.7 Å². The zero-order chi connectivity index (χ0) is 15.2. The molecule has 0 aliphatic carbocycles. The van der Waals surface area contributed by atoms with Crippen molar-refractivity contribution in [2.75, 3.05) is 14.2 Å². The lowest BCUT2D eigenvalue weighted by Gasteiger charge is -2.12. The number of carbonyl (C=O) groups is 2. The Hall–Kier alpha value is -2.82. The summed E-state index contributed by atoms with van der Waals surface area (Å²) in [4.78, 5) is 22.4. The number of benzene rings is 2. The van der Waals surface area contributed by atoms with E-state index < -0.39 is 5.97 Å². The Bertz CT molecular complexity index is 646. The van der Waals surface area contributed by atoms with Crippen LogP contribution >= 0.6 is 0 Å². The minimum Gasteiger partial charge on any atom is -0.493 e. The van der Waals surface area contributed by atoms with Gasteiger partial charge in [0, 0.05) is 0 Å². The van der Waals surface area contributed by atoms with Crippen LogP contribution in [0, 0.1) is 0 Å². The van der Waals surface area contributed by atoms with Crippen LogP contribution in [0.15, 0.2) is 42.5 Å². The topological polar surface area (TPSA) is 61.8 Å². The molecule has 0 N–H and O–H groups in total. The van der Waals surface area contributed by atoms with Gasteiger partial charge in [0.15, 0.2) is 17.8 Å². The molecule has 0 aliphatic heterocycles. The number of rotatable bonds is 5. The van der Waals surface area contributed by atoms with Crippen molar-refractivity contribution < 1.29 is 23.8 Å². The second-order valence-electron chi connectivity index (χ2n) is 4.11. The lowest BCUT2D eigenvalue weighted by molar-refractivity contribution is 0.0600. The molecule has 0 radical (unpaired) electrons. The highest BCUT2D eigenvalue weighted by atomic mass is 16.5. The number of aldehydes is 1. The Morgan fingerprint density at radius 1 is 1.05 bits per heavy atom. The van der Waals surface area contributed by atoms with E-state index in [1.807, 2.05) is 0 Å². The zero-order valence-corrected chi connectivity index (χ0v) is 11.7. The summed E-state index contributed by atoms with van der Waals surface area (Å²) >= 11 is 0. The molecule has 2 aromatic carbocycles. The summed E-state index contributed by atoms with van der Waals surface area (Å²) in [5.74, 6) is 0.847. The molecule has 5 heteroatoms. The Morgan fingerprint density at radius 3 is 2.33 bits per heavy atom. The molecule has 0 aliphatic rings. The second kappa shape index (κ2) is 6.56. The van der Waals surface area contributed by atoms with Gasteiger partial charge in [0.2, 0.25) is 0 Å². The number of hydrogen-bond acceptors (Lipinski definition) is 5. The fourth-order valence-corrected chi connectivity index (χ4v) is 1.79. The molecule has 0 saturated heterocycles. The van der Waals surface area contributed by atoms with Crippen LogP contribution in [0.5, 0.6) is 17.2 Å². The van der Waals surface area contributed by atoms with Gasteiger partial charge in [-0.1, -0.05) is 6.07 Å². The Morgan fingerprint density at radius 2 is 1.76 bits per heavy atom. The molecule has 0 atom stereocenters. The lowest BCUT2D eigenvalue weighted by Crippen LogP contribution is -2.00. The number of methoxy groups -OCH3 is 2. The normalized spacial score (nSPS) is 9.81. The van der Waals surface area contributed by atoms with E-state index in [0.717, 1.165) is 0 Å². The molecule has 2 rings (SSSR count). The van der Waals surface area contributed by atoms with Crippen LogP contribution in [0.3, 0.4) is 0 Å². The molecule has 2 aromatic rings. The van der Waals surface area contributed by atoms with Crippen LogP contribution in [0.1, 0.15) is 20.7 Å². The summed E-state index contributed by atoms with van der Waals surface area (Å²) in [7, 11) is 2.81. The number of esters is 1. The van der Waals surface area contributed by atoms with E-state index in [1.165, 1.54) is 14.2 Å². The molecule has 0 unspecified atom stereocenters. The first-order chi connectivity index (χ1) is 10.2. The van der Waals surface area contributed by atoms with Gasteiger partial charge in [0.05, 0.1) is 25.3 Å². The van der Waals surface area contributed by atoms with Gasteiger partial charge in [-0.3, -0.25) is 4.79 Å². The van der Waals surface area contributed by atoms with Crippen molar-refractivity contribution in [2.45, 2.75) is 0 Å². The smallest absolute Gasteiger partial charge is 0.337 e. The summed E-state index contributed by atoms with van der Waals surface area (Å²) in [6.07, 6.45) is 0.695. The maximum absolute atomic E-state index is 11.4. The van der Waals surface area contributed by atoms with Crippen molar-refractivity contribution in [1.29, 1.82) is 0 Å². The molecular formula is C16H14O5. The van der Waals surface area contributed by atoms with Crippen molar-refractivity contribution in [1.82, 2.24) is 0 Å². The maximum atomic E-state index is 11.4. The van der Waals surface area contributed by atoms with E-state index in [2.05, 4.69) is 4.74 Å². The van der Waals surface area contributed by atoms with Gasteiger partial charge in [-0.25, -0.2) is 4.79 Å². The maximum Gasteiger partial charge on any atom is 0.337 e. The SMILES string of the molecule is COC(=O)c1ccc(Oc2c(C=O)cccc2OC)cc1. The monoisotopic (exact) mass is 286 g/mol. The quantitative estimate of drug-likeness (QED) is 0.624. The van der Waals surface area contributed by atoms with Gasteiger partial charge >= 0.3 is 5.97 Å². The second-order valence-corrected chi connectivity index (χ2v) is 4.11. The molecular weight excluding hydrogens is 272 g/mol. The standard InChI is InChI=1S/C16H14O5/c1-19-14-5-3-4-12(10-17)15(14)21-13-8-6-11(7-9-13)16(18)20-2/h3-10H,1-2H3. The van der Waals surface area contributed by atoms with Crippen LogP contribution in [0.25, 0.3) is 0 Å². The minimum absolute atomic E-state index is 0.334. The average molecular weight is 286 g/mol. The van der Waals surface area contributed by atoms with Crippen LogP contribution in [-0.4, -0.2) is 26.5 Å². The number of ether oxygens (including phenoxy) is 3. The van der Waals surface area contributed by atoms with Crippen molar-refractivity contribution in [2.24, 2.45) is 0 Å². The summed E-state index contributed by atoms with van der Waals surface area (Å²) in [6, 6.07) is 11.4. The van der Waals surface area contributed by atoms with Gasteiger partial charge in [0.1, 0.15) is 5.75 Å². The zero-order valence-electron chi connectivity index (χ0n) is 11.7. The minimum atomic E-state index is -0.424. The van der Waals surface area contributed by atoms with Crippen LogP contribution in [0.2, 0.25) is 0 Å². The van der Waals surface area contributed by atoms with Crippen molar-refractivity contribution in [3.05, 3.63) is 53.6 Å². The van der Waals surface area contributed by atoms with E-state index in [1.54, 1.807) is 42.5 Å². The molecule has 0 amide bonds. The summed E-state index contributed by atoms with van der Waals surface area (Å²) < 4.78 is 15.5. The third-order valence-electron chi connectivity index (χ3n) is 2.85. The molecule has 0 saturated carbocycles. The lowest BCUT2D eigenvalue weighted by atomic mass is 10.2. The fourth-order valence-electron chi connectivity index (χ4n) is 1.79. The van der Waals surface area contributed by atoms with E-state index in [-0.39, 0.29) is 0 Å². The molecule has 21 heavy (non-hydrogen) atoms. The Balaban J connectivity index is 2.30. The molecule has 108 valence electrons. The average Bonchev–Trinajstić information content (AvgIpc) is 2.55. The molecule has 0 fully saturated rings. The highest BCUT2D eigenvalue weighted by Crippen LogP contribution is 2.34. The number of carbonyl (C=O) groups excluding carboxylic acids is 2. The third kappa shape index (κ3) is 3.20. The molecule has 0 spiro atoms. The van der Waals surface area contributed by atoms with E-state index in [4.69, 9.17) is 9.47 Å². The first-order valence-electron chi connectivity index (χ1n) is 6.18. The largest absolute Gasteiger partial charge is 0.493 e. The van der Waals surface area contributed by atoms with Crippen molar-refractivity contribution >= 4 is 12.3 Å². The molecule has 0 bridgehead atoms. The van der Waals surface area contributed by atoms with Crippen LogP contribution in [0.4, 0.5) is 0 Å². The van der Waals surface area contributed by atoms with Crippen molar-refractivity contribution in [3.63, 3.8) is 0 Å². The Labute approximate surface area is 122 Å². The first-order valence-corrected chi connectivity index (χ1v) is 6.18. The van der Waals surface area contributed by atoms with Gasteiger partial charge in [-0.15, -0.1) is 0 Å². The summed E-state index contributed by atoms with van der Waals surface area (Å²) in [6.45, 7) is 0. The number of para-hydroxylation sites is 1. The molecule has 0 heterocycles. The van der Waals surface area contributed by atoms with Crippen LogP contribution in [-0.2, 0) is 4.74 Å². The predicted octanol–water partition coefficient (Wildman–Crippen LogP) is 3.09. The van der Waals surface area contributed by atoms with Gasteiger partial charge < -0.3 is 14.2 Å². The van der Waals surface area contributed by atoms with Gasteiger partial charge in [-0.2, -0.15) is 0 Å². The number of hydrogen-bond donors (Lipinski definition) is 0. The molecule has 0 aromatic heterocycles. The third-order valence-corrected chi connectivity index (χ3v) is 2.85. The highest BCUT2D eigenvalue weighted by Gasteiger charge is 2.12. The van der Waals surface area contributed by atoms with Crippen LogP contribution < -0.4 is 9.47 Å². The van der Waals surface area contributed by atoms with E-state index in [9.17, 15) is 9.59 Å². The Kier molecular flexibility index (Phi) is 4.56. The summed E-state index contributed by atoms with van der Waals surface area (Å²) in [5, 5.41) is 0. The first kappa shape index (κ1) is 14.6. The molecule has 5 nitrogen and oxygen atoms in total. The van der Waals surface area contributed by atoms with Gasteiger partial charge in [0.25, 0.3) is 0 Å². The highest BCUT2D eigenvalue weighted by molar-refractivity contribution is 5.89. The van der Waals surface area contributed by atoms with Gasteiger partial charge in [-0.05, 0) is 36.4 Å². The predicted molar refractivity (Wildman–Crippen MR) is 76.2 cm³/mol. The van der Waals surface area contributed by atoms with E-state index >= 15 is 0 Å². The van der Waals surface area contributed by atoms with Crippen molar-refractivity contribution in [3.8, 4) is 17.2 Å².